The van der Waals surface area contributed by atoms with E-state index in [4.69, 9.17) is 11.6 Å². The summed E-state index contributed by atoms with van der Waals surface area (Å²) in [5, 5.41) is 3.15. The van der Waals surface area contributed by atoms with Gasteiger partial charge in [-0.2, -0.15) is 0 Å². The van der Waals surface area contributed by atoms with E-state index in [1.807, 2.05) is 0 Å². The van der Waals surface area contributed by atoms with Crippen LogP contribution in [0.5, 0.6) is 0 Å². The zero-order chi connectivity index (χ0) is 15.0. The number of hydrogen-bond donors (Lipinski definition) is 1. The summed E-state index contributed by atoms with van der Waals surface area (Å²) in [4.78, 5) is 26.1. The highest BCUT2D eigenvalue weighted by molar-refractivity contribution is 6.30. The van der Waals surface area contributed by atoms with Crippen LogP contribution in [0.4, 0.5) is 4.39 Å². The molecule has 0 radical (unpaired) electrons. The standard InChI is InChI=1S/C15H16ClFN2O2/c16-9-3-6-11(12(17)8-9)15(21)19-7-1-2-13(19)14(20)18-10-4-5-10/h3,6,8,10,13H,1-2,4-5,7H2,(H,18,20). The molecule has 1 aliphatic heterocycles. The minimum Gasteiger partial charge on any atom is -0.352 e. The Balaban J connectivity index is 1.77. The predicted octanol–water partition coefficient (Wildman–Crippen LogP) is 2.36. The summed E-state index contributed by atoms with van der Waals surface area (Å²) in [7, 11) is 0. The minimum atomic E-state index is -0.652. The van der Waals surface area contributed by atoms with Gasteiger partial charge in [-0.1, -0.05) is 11.6 Å². The number of nitrogens with one attached hydrogen (secondary N) is 1. The van der Waals surface area contributed by atoms with Gasteiger partial charge in [0.05, 0.1) is 5.56 Å². The maximum absolute atomic E-state index is 13.9. The number of halogens is 2. The third-order valence-electron chi connectivity index (χ3n) is 3.90. The van der Waals surface area contributed by atoms with E-state index in [0.717, 1.165) is 25.3 Å². The maximum Gasteiger partial charge on any atom is 0.257 e. The van der Waals surface area contributed by atoms with Crippen LogP contribution < -0.4 is 5.32 Å². The molecule has 1 saturated carbocycles. The second-order valence-electron chi connectivity index (χ2n) is 5.56. The van der Waals surface area contributed by atoms with Crippen LogP contribution in [0.25, 0.3) is 0 Å². The number of likely N-dealkylation sites (tertiary alicyclic amines) is 1. The fourth-order valence-electron chi connectivity index (χ4n) is 2.63. The molecule has 0 bridgehead atoms. The summed E-state index contributed by atoms with van der Waals surface area (Å²) >= 11 is 5.70. The van der Waals surface area contributed by atoms with Gasteiger partial charge in [0.2, 0.25) is 5.91 Å². The Morgan fingerprint density at radius 3 is 2.71 bits per heavy atom. The SMILES string of the molecule is O=C(NC1CC1)C1CCCN1C(=O)c1ccc(Cl)cc1F. The first kappa shape index (κ1) is 14.3. The van der Waals surface area contributed by atoms with Gasteiger partial charge in [0, 0.05) is 17.6 Å². The van der Waals surface area contributed by atoms with E-state index in [0.29, 0.717) is 13.0 Å². The Labute approximate surface area is 127 Å². The van der Waals surface area contributed by atoms with Gasteiger partial charge < -0.3 is 10.2 Å². The molecule has 1 saturated heterocycles. The van der Waals surface area contributed by atoms with Crippen molar-refractivity contribution in [1.82, 2.24) is 10.2 Å². The molecule has 2 aliphatic rings. The molecular formula is C15H16ClFN2O2. The Hall–Kier alpha value is -1.62. The molecule has 2 amide bonds. The molecule has 1 atom stereocenters. The Kier molecular flexibility index (Phi) is 3.85. The van der Waals surface area contributed by atoms with Gasteiger partial charge in [-0.3, -0.25) is 9.59 Å². The molecule has 1 unspecified atom stereocenters. The molecule has 4 nitrogen and oxygen atoms in total. The predicted molar refractivity (Wildman–Crippen MR) is 76.6 cm³/mol. The van der Waals surface area contributed by atoms with Crippen molar-refractivity contribution in [2.45, 2.75) is 37.8 Å². The zero-order valence-electron chi connectivity index (χ0n) is 11.4. The highest BCUT2D eigenvalue weighted by atomic mass is 35.5. The third kappa shape index (κ3) is 3.02. The van der Waals surface area contributed by atoms with Crippen LogP contribution in [0.2, 0.25) is 5.02 Å². The summed E-state index contributed by atoms with van der Waals surface area (Å²) in [6.07, 6.45) is 3.37. The van der Waals surface area contributed by atoms with Crippen LogP contribution in [-0.4, -0.2) is 35.3 Å². The van der Waals surface area contributed by atoms with Crippen molar-refractivity contribution in [2.24, 2.45) is 0 Å². The van der Waals surface area contributed by atoms with E-state index < -0.39 is 17.8 Å². The fraction of sp³-hybridized carbons (Fsp3) is 0.467. The average molecular weight is 311 g/mol. The first-order chi connectivity index (χ1) is 10.1. The van der Waals surface area contributed by atoms with E-state index in [1.54, 1.807) is 0 Å². The molecule has 2 fully saturated rings. The number of rotatable bonds is 3. The molecule has 3 rings (SSSR count). The Morgan fingerprint density at radius 2 is 2.05 bits per heavy atom. The van der Waals surface area contributed by atoms with Crippen LogP contribution >= 0.6 is 11.6 Å². The van der Waals surface area contributed by atoms with Crippen molar-refractivity contribution < 1.29 is 14.0 Å². The zero-order valence-corrected chi connectivity index (χ0v) is 12.2. The molecule has 1 N–H and O–H groups in total. The molecule has 1 heterocycles. The molecule has 1 aromatic carbocycles. The van der Waals surface area contributed by atoms with E-state index in [-0.39, 0.29) is 22.5 Å². The molecule has 21 heavy (non-hydrogen) atoms. The smallest absolute Gasteiger partial charge is 0.257 e. The first-order valence-electron chi connectivity index (χ1n) is 7.12. The fourth-order valence-corrected chi connectivity index (χ4v) is 2.78. The van der Waals surface area contributed by atoms with Crippen LogP contribution in [0, 0.1) is 5.82 Å². The molecule has 0 spiro atoms. The Bertz CT molecular complexity index is 589. The molecule has 0 aromatic heterocycles. The number of carbonyl (C=O) groups is 2. The molecule has 1 aliphatic carbocycles. The lowest BCUT2D eigenvalue weighted by atomic mass is 10.1. The highest BCUT2D eigenvalue weighted by Gasteiger charge is 2.37. The minimum absolute atomic E-state index is 0.0366. The van der Waals surface area contributed by atoms with Crippen LogP contribution in [0.3, 0.4) is 0 Å². The lowest BCUT2D eigenvalue weighted by Crippen LogP contribution is -2.46. The number of benzene rings is 1. The van der Waals surface area contributed by atoms with Crippen molar-refractivity contribution >= 4 is 23.4 Å². The Morgan fingerprint density at radius 1 is 1.29 bits per heavy atom. The largest absolute Gasteiger partial charge is 0.352 e. The van der Waals surface area contributed by atoms with Crippen LogP contribution in [0.1, 0.15) is 36.0 Å². The summed E-state index contributed by atoms with van der Waals surface area (Å²) < 4.78 is 13.9. The number of hydrogen-bond acceptors (Lipinski definition) is 2. The maximum atomic E-state index is 13.9. The van der Waals surface area contributed by atoms with Crippen LogP contribution in [0.15, 0.2) is 18.2 Å². The van der Waals surface area contributed by atoms with Crippen molar-refractivity contribution in [3.8, 4) is 0 Å². The monoisotopic (exact) mass is 310 g/mol. The van der Waals surface area contributed by atoms with Gasteiger partial charge in [0.15, 0.2) is 0 Å². The van der Waals surface area contributed by atoms with Crippen molar-refractivity contribution in [2.75, 3.05) is 6.54 Å². The summed E-state index contributed by atoms with van der Waals surface area (Å²) in [5.74, 6) is -1.23. The number of amides is 2. The lowest BCUT2D eigenvalue weighted by molar-refractivity contribution is -0.125. The van der Waals surface area contributed by atoms with Crippen molar-refractivity contribution in [3.63, 3.8) is 0 Å². The van der Waals surface area contributed by atoms with Gasteiger partial charge in [0.1, 0.15) is 11.9 Å². The van der Waals surface area contributed by atoms with E-state index >= 15 is 0 Å². The molecule has 112 valence electrons. The summed E-state index contributed by atoms with van der Waals surface area (Å²) in [5.41, 5.74) is -0.0366. The van der Waals surface area contributed by atoms with Gasteiger partial charge in [0.25, 0.3) is 5.91 Å². The first-order valence-corrected chi connectivity index (χ1v) is 7.50. The van der Waals surface area contributed by atoms with Gasteiger partial charge in [-0.15, -0.1) is 0 Å². The summed E-state index contributed by atoms with van der Waals surface area (Å²) in [6, 6.07) is 3.72. The summed E-state index contributed by atoms with van der Waals surface area (Å²) in [6.45, 7) is 0.476. The van der Waals surface area contributed by atoms with Crippen molar-refractivity contribution in [3.05, 3.63) is 34.6 Å². The van der Waals surface area contributed by atoms with E-state index in [9.17, 15) is 14.0 Å². The average Bonchev–Trinajstić information content (AvgIpc) is 3.11. The topological polar surface area (TPSA) is 49.4 Å². The van der Waals surface area contributed by atoms with E-state index in [2.05, 4.69) is 5.32 Å². The van der Waals surface area contributed by atoms with Gasteiger partial charge >= 0.3 is 0 Å². The normalized spacial score (nSPS) is 21.4. The molecular weight excluding hydrogens is 295 g/mol. The molecule has 1 aromatic rings. The number of carbonyl (C=O) groups excluding carboxylic acids is 2. The van der Waals surface area contributed by atoms with Gasteiger partial charge in [-0.25, -0.2) is 4.39 Å². The number of nitrogens with zero attached hydrogens (tertiary/aromatic N) is 1. The second-order valence-corrected chi connectivity index (χ2v) is 6.00. The lowest BCUT2D eigenvalue weighted by Gasteiger charge is -2.24. The third-order valence-corrected chi connectivity index (χ3v) is 4.14. The highest BCUT2D eigenvalue weighted by Crippen LogP contribution is 2.25. The van der Waals surface area contributed by atoms with E-state index in [1.165, 1.54) is 17.0 Å². The quantitative estimate of drug-likeness (QED) is 0.932. The second kappa shape index (κ2) is 5.64. The van der Waals surface area contributed by atoms with Crippen molar-refractivity contribution in [1.29, 1.82) is 0 Å². The van der Waals surface area contributed by atoms with Gasteiger partial charge in [-0.05, 0) is 43.9 Å². The molecule has 6 heteroatoms. The van der Waals surface area contributed by atoms with Crippen LogP contribution in [-0.2, 0) is 4.79 Å².